The molecule has 0 fully saturated rings. The van der Waals surface area contributed by atoms with Crippen LogP contribution in [-0.4, -0.2) is 32.7 Å². The lowest BCUT2D eigenvalue weighted by molar-refractivity contribution is 0.0146. The van der Waals surface area contributed by atoms with Crippen molar-refractivity contribution in [3.8, 4) is 0 Å². The van der Waals surface area contributed by atoms with E-state index in [1.54, 1.807) is 0 Å². The van der Waals surface area contributed by atoms with Gasteiger partial charge in [0.1, 0.15) is 6.61 Å². The maximum atomic E-state index is 11.7. The van der Waals surface area contributed by atoms with Gasteiger partial charge in [-0.05, 0) is 26.8 Å². The molecule has 0 saturated heterocycles. The molecule has 84 valence electrons. The average Bonchev–Trinajstić information content (AvgIpc) is 2.09. The molecule has 2 nitrogen and oxygen atoms in total. The number of nitrogens with one attached hydrogen (secondary N) is 1. The first kappa shape index (κ1) is 13.5. The third-order valence-electron chi connectivity index (χ3n) is 1.86. The molecule has 14 heavy (non-hydrogen) atoms. The van der Waals surface area contributed by atoms with Crippen LogP contribution in [0.15, 0.2) is 12.2 Å². The van der Waals surface area contributed by atoms with Gasteiger partial charge in [0.25, 0.3) is 6.43 Å². The van der Waals surface area contributed by atoms with Gasteiger partial charge in [-0.25, -0.2) is 8.78 Å². The highest BCUT2D eigenvalue weighted by Crippen LogP contribution is 2.05. The first-order chi connectivity index (χ1) is 6.56. The molecule has 0 amide bonds. The van der Waals surface area contributed by atoms with E-state index in [-0.39, 0.29) is 6.04 Å². The predicted molar refractivity (Wildman–Crippen MR) is 53.7 cm³/mol. The van der Waals surface area contributed by atoms with Crippen LogP contribution in [0.4, 0.5) is 8.78 Å². The summed E-state index contributed by atoms with van der Waals surface area (Å²) >= 11 is 0. The van der Waals surface area contributed by atoms with Crippen LogP contribution in [0, 0.1) is 0 Å². The molecule has 0 saturated carbocycles. The number of ether oxygens (including phenoxy) is 1. The molecule has 1 unspecified atom stereocenters. The van der Waals surface area contributed by atoms with Crippen molar-refractivity contribution in [3.05, 3.63) is 12.2 Å². The van der Waals surface area contributed by atoms with Crippen molar-refractivity contribution in [2.75, 3.05) is 20.3 Å². The van der Waals surface area contributed by atoms with E-state index >= 15 is 0 Å². The van der Waals surface area contributed by atoms with Gasteiger partial charge < -0.3 is 10.1 Å². The summed E-state index contributed by atoms with van der Waals surface area (Å²) in [5, 5.41) is 3.09. The summed E-state index contributed by atoms with van der Waals surface area (Å²) in [5.41, 5.74) is 1.08. The Hall–Kier alpha value is -0.480. The number of halogens is 2. The van der Waals surface area contributed by atoms with Crippen molar-refractivity contribution in [1.29, 1.82) is 0 Å². The zero-order chi connectivity index (χ0) is 11.0. The van der Waals surface area contributed by atoms with Crippen LogP contribution in [0.25, 0.3) is 0 Å². The second-order valence-electron chi connectivity index (χ2n) is 3.40. The minimum atomic E-state index is -2.37. The normalized spacial score (nSPS) is 13.2. The van der Waals surface area contributed by atoms with Crippen molar-refractivity contribution in [3.63, 3.8) is 0 Å². The topological polar surface area (TPSA) is 21.3 Å². The van der Waals surface area contributed by atoms with Crippen LogP contribution in [0.1, 0.15) is 19.8 Å². The number of hydrogen-bond acceptors (Lipinski definition) is 2. The lowest BCUT2D eigenvalue weighted by Gasteiger charge is -2.15. The van der Waals surface area contributed by atoms with E-state index in [1.807, 2.05) is 14.0 Å². The molecule has 0 rings (SSSR count). The molecule has 1 N–H and O–H groups in total. The van der Waals surface area contributed by atoms with Crippen molar-refractivity contribution >= 4 is 0 Å². The molecule has 0 aliphatic heterocycles. The first-order valence-electron chi connectivity index (χ1n) is 4.73. The molecule has 0 aromatic heterocycles. The van der Waals surface area contributed by atoms with Crippen molar-refractivity contribution in [1.82, 2.24) is 5.32 Å². The molecule has 0 aromatic rings. The van der Waals surface area contributed by atoms with Gasteiger partial charge in [0.15, 0.2) is 0 Å². The van der Waals surface area contributed by atoms with Gasteiger partial charge in [0, 0.05) is 12.6 Å². The molecule has 0 bridgehead atoms. The Bertz CT molecular complexity index is 162. The van der Waals surface area contributed by atoms with E-state index in [0.29, 0.717) is 6.61 Å². The predicted octanol–water partition coefficient (Wildman–Crippen LogP) is 2.21. The highest BCUT2D eigenvalue weighted by molar-refractivity contribution is 4.92. The molecular formula is C10H19F2NO. The maximum absolute atomic E-state index is 11.7. The monoisotopic (exact) mass is 207 g/mol. The summed E-state index contributed by atoms with van der Waals surface area (Å²) in [6, 6.07) is 0.269. The van der Waals surface area contributed by atoms with E-state index in [2.05, 4.69) is 11.9 Å². The summed E-state index contributed by atoms with van der Waals surface area (Å²) in [6.45, 7) is 5.64. The third-order valence-corrected chi connectivity index (χ3v) is 1.86. The van der Waals surface area contributed by atoms with E-state index in [1.165, 1.54) is 0 Å². The molecule has 0 heterocycles. The number of hydrogen-bond donors (Lipinski definition) is 1. The summed E-state index contributed by atoms with van der Waals surface area (Å²) < 4.78 is 28.2. The molecule has 0 aliphatic rings. The zero-order valence-corrected chi connectivity index (χ0v) is 8.85. The van der Waals surface area contributed by atoms with Crippen LogP contribution in [0.2, 0.25) is 0 Å². The lowest BCUT2D eigenvalue weighted by Crippen LogP contribution is -2.27. The Labute approximate surface area is 84.3 Å². The van der Waals surface area contributed by atoms with Crippen molar-refractivity contribution < 1.29 is 13.5 Å². The molecule has 0 radical (unpaired) electrons. The molecule has 0 aliphatic carbocycles. The van der Waals surface area contributed by atoms with Gasteiger partial charge in [-0.2, -0.15) is 0 Å². The third kappa shape index (κ3) is 8.13. The zero-order valence-electron chi connectivity index (χ0n) is 8.85. The Morgan fingerprint density at radius 1 is 1.50 bits per heavy atom. The quantitative estimate of drug-likeness (QED) is 0.486. The Morgan fingerprint density at radius 3 is 2.57 bits per heavy atom. The Morgan fingerprint density at radius 2 is 2.14 bits per heavy atom. The van der Waals surface area contributed by atoms with Crippen LogP contribution in [-0.2, 0) is 4.74 Å². The fourth-order valence-electron chi connectivity index (χ4n) is 1.17. The number of rotatable bonds is 8. The molecule has 0 aromatic carbocycles. The van der Waals surface area contributed by atoms with E-state index < -0.39 is 13.0 Å². The fourth-order valence-corrected chi connectivity index (χ4v) is 1.17. The second-order valence-corrected chi connectivity index (χ2v) is 3.40. The van der Waals surface area contributed by atoms with E-state index in [0.717, 1.165) is 18.4 Å². The summed E-state index contributed by atoms with van der Waals surface area (Å²) in [7, 11) is 1.85. The maximum Gasteiger partial charge on any atom is 0.261 e. The largest absolute Gasteiger partial charge is 0.375 e. The van der Waals surface area contributed by atoms with Crippen LogP contribution < -0.4 is 5.32 Å². The van der Waals surface area contributed by atoms with Crippen LogP contribution >= 0.6 is 0 Å². The minimum absolute atomic E-state index is 0.269. The SMILES string of the molecule is C=C(C)CC(CCOCC(F)F)NC. The average molecular weight is 207 g/mol. The van der Waals surface area contributed by atoms with Crippen LogP contribution in [0.3, 0.4) is 0 Å². The molecule has 1 atom stereocenters. The van der Waals surface area contributed by atoms with Gasteiger partial charge in [-0.15, -0.1) is 6.58 Å². The van der Waals surface area contributed by atoms with E-state index in [9.17, 15) is 8.78 Å². The van der Waals surface area contributed by atoms with Gasteiger partial charge in [0.2, 0.25) is 0 Å². The van der Waals surface area contributed by atoms with Crippen LogP contribution in [0.5, 0.6) is 0 Å². The summed E-state index contributed by atoms with van der Waals surface area (Å²) in [6.07, 6.45) is -0.783. The fraction of sp³-hybridized carbons (Fsp3) is 0.800. The summed E-state index contributed by atoms with van der Waals surface area (Å²) in [5.74, 6) is 0. The van der Waals surface area contributed by atoms with Gasteiger partial charge in [-0.1, -0.05) is 5.57 Å². The van der Waals surface area contributed by atoms with Gasteiger partial charge in [0.05, 0.1) is 0 Å². The highest BCUT2D eigenvalue weighted by atomic mass is 19.3. The Balaban J connectivity index is 3.47. The van der Waals surface area contributed by atoms with Crippen molar-refractivity contribution in [2.24, 2.45) is 0 Å². The van der Waals surface area contributed by atoms with Gasteiger partial charge in [-0.3, -0.25) is 0 Å². The van der Waals surface area contributed by atoms with Crippen molar-refractivity contribution in [2.45, 2.75) is 32.2 Å². The highest BCUT2D eigenvalue weighted by Gasteiger charge is 2.07. The smallest absolute Gasteiger partial charge is 0.261 e. The standard InChI is InChI=1S/C10H19F2NO/c1-8(2)6-9(13-3)4-5-14-7-10(11)12/h9-10,13H,1,4-7H2,2-3H3. The first-order valence-corrected chi connectivity index (χ1v) is 4.73. The second kappa shape index (κ2) is 7.88. The van der Waals surface area contributed by atoms with E-state index in [4.69, 9.17) is 4.74 Å². The Kier molecular flexibility index (Phi) is 7.61. The molecular weight excluding hydrogens is 188 g/mol. The minimum Gasteiger partial charge on any atom is -0.375 e. The lowest BCUT2D eigenvalue weighted by atomic mass is 10.1. The summed E-state index contributed by atoms with van der Waals surface area (Å²) in [4.78, 5) is 0. The molecule has 0 spiro atoms. The van der Waals surface area contributed by atoms with Gasteiger partial charge >= 0.3 is 0 Å². The number of alkyl halides is 2. The molecule has 4 heteroatoms.